The Morgan fingerprint density at radius 2 is 2.17 bits per heavy atom. The van der Waals surface area contributed by atoms with Crippen LogP contribution in [0.15, 0.2) is 4.90 Å². The Balaban J connectivity index is 2.72. The Bertz CT molecular complexity index is 524. The second kappa shape index (κ2) is 6.01. The summed E-state index contributed by atoms with van der Waals surface area (Å²) in [4.78, 5) is 11.3. The predicted molar refractivity (Wildman–Crippen MR) is 71.4 cm³/mol. The van der Waals surface area contributed by atoms with Crippen molar-refractivity contribution in [3.63, 3.8) is 0 Å². The van der Waals surface area contributed by atoms with Crippen LogP contribution in [0, 0.1) is 0 Å². The third-order valence-electron chi connectivity index (χ3n) is 2.03. The highest BCUT2D eigenvalue weighted by Gasteiger charge is 2.21. The maximum atomic E-state index is 11.5. The highest BCUT2D eigenvalue weighted by Crippen LogP contribution is 2.30. The fraction of sp³-hybridized carbons (Fsp3) is 0.556. The Labute approximate surface area is 110 Å². The minimum atomic E-state index is -3.46. The van der Waals surface area contributed by atoms with Crippen molar-refractivity contribution < 1.29 is 13.2 Å². The Morgan fingerprint density at radius 3 is 2.72 bits per heavy atom. The van der Waals surface area contributed by atoms with Crippen molar-refractivity contribution in [1.82, 2.24) is 9.69 Å². The van der Waals surface area contributed by atoms with Crippen molar-refractivity contribution in [1.29, 1.82) is 0 Å². The number of carbonyl (C=O) groups is 1. The van der Waals surface area contributed by atoms with E-state index in [4.69, 9.17) is 5.73 Å². The quantitative estimate of drug-likeness (QED) is 0.683. The molecule has 0 spiro atoms. The molecule has 1 amide bonds. The van der Waals surface area contributed by atoms with Crippen LogP contribution < -0.4 is 16.4 Å². The zero-order valence-corrected chi connectivity index (χ0v) is 11.8. The normalized spacial score (nSPS) is 11.2. The summed E-state index contributed by atoms with van der Waals surface area (Å²) in [5, 5.41) is 5.70. The minimum absolute atomic E-state index is 0.00977. The smallest absolute Gasteiger partial charge is 0.239 e. The van der Waals surface area contributed by atoms with Crippen molar-refractivity contribution in [2.24, 2.45) is 0 Å². The number of amides is 1. The minimum Gasteiger partial charge on any atom is -0.382 e. The fourth-order valence-corrected chi connectivity index (χ4v) is 3.32. The standard InChI is InChI=1S/C9H16N4O3S2/c1-3-4-11-6(14)5-12-9-7(18(2,15)16)8(10)13-17-9/h12H,3-5H2,1-2H3,(H2,10,13)(H,11,14). The second-order valence-electron chi connectivity index (χ2n) is 3.70. The lowest BCUT2D eigenvalue weighted by molar-refractivity contribution is -0.119. The molecule has 1 heterocycles. The molecule has 9 heteroatoms. The van der Waals surface area contributed by atoms with Gasteiger partial charge in [-0.1, -0.05) is 6.92 Å². The molecule has 0 aliphatic rings. The van der Waals surface area contributed by atoms with E-state index in [1.807, 2.05) is 6.92 Å². The highest BCUT2D eigenvalue weighted by atomic mass is 32.2. The second-order valence-corrected chi connectivity index (χ2v) is 6.43. The number of nitrogens with zero attached hydrogens (tertiary/aromatic N) is 1. The van der Waals surface area contributed by atoms with E-state index in [1.54, 1.807) is 0 Å². The summed E-state index contributed by atoms with van der Waals surface area (Å²) in [6, 6.07) is 0. The number of aromatic nitrogens is 1. The number of hydrogen-bond acceptors (Lipinski definition) is 7. The first-order chi connectivity index (χ1) is 8.36. The fourth-order valence-electron chi connectivity index (χ4n) is 1.25. The lowest BCUT2D eigenvalue weighted by Gasteiger charge is -2.06. The Kier molecular flexibility index (Phi) is 4.91. The van der Waals surface area contributed by atoms with Crippen LogP contribution in [0.4, 0.5) is 10.8 Å². The maximum absolute atomic E-state index is 11.5. The first kappa shape index (κ1) is 14.7. The van der Waals surface area contributed by atoms with E-state index in [1.165, 1.54) is 0 Å². The molecule has 0 aliphatic carbocycles. The summed E-state index contributed by atoms with van der Waals surface area (Å²) >= 11 is 0.924. The van der Waals surface area contributed by atoms with Crippen LogP contribution in [-0.2, 0) is 14.6 Å². The first-order valence-corrected chi connectivity index (χ1v) is 7.98. The summed E-state index contributed by atoms with van der Waals surface area (Å²) in [5.74, 6) is -0.248. The van der Waals surface area contributed by atoms with Gasteiger partial charge in [-0.3, -0.25) is 4.79 Å². The van der Waals surface area contributed by atoms with Gasteiger partial charge >= 0.3 is 0 Å². The third-order valence-corrected chi connectivity index (χ3v) is 4.13. The van der Waals surface area contributed by atoms with Gasteiger partial charge in [0, 0.05) is 12.8 Å². The van der Waals surface area contributed by atoms with E-state index in [0.29, 0.717) is 11.5 Å². The van der Waals surface area contributed by atoms with Gasteiger partial charge in [0.05, 0.1) is 6.54 Å². The molecule has 0 fully saturated rings. The SMILES string of the molecule is CCCNC(=O)CNc1snc(N)c1S(C)(=O)=O. The molecule has 0 aromatic carbocycles. The summed E-state index contributed by atoms with van der Waals surface area (Å²) in [5.41, 5.74) is 5.49. The molecule has 0 saturated heterocycles. The molecule has 0 saturated carbocycles. The first-order valence-electron chi connectivity index (χ1n) is 5.32. The molecule has 1 rings (SSSR count). The van der Waals surface area contributed by atoms with E-state index < -0.39 is 9.84 Å². The number of nitrogens with one attached hydrogen (secondary N) is 2. The molecule has 1 aromatic rings. The molecule has 0 atom stereocenters. The zero-order chi connectivity index (χ0) is 13.8. The summed E-state index contributed by atoms with van der Waals surface area (Å²) in [6.07, 6.45) is 1.89. The molecule has 18 heavy (non-hydrogen) atoms. The van der Waals surface area contributed by atoms with Gasteiger partial charge in [-0.05, 0) is 18.0 Å². The van der Waals surface area contributed by atoms with Gasteiger partial charge in [0.15, 0.2) is 15.7 Å². The Morgan fingerprint density at radius 1 is 1.50 bits per heavy atom. The third kappa shape index (κ3) is 3.84. The van der Waals surface area contributed by atoms with E-state index in [0.717, 1.165) is 24.2 Å². The monoisotopic (exact) mass is 292 g/mol. The number of nitrogens with two attached hydrogens (primary N) is 1. The van der Waals surface area contributed by atoms with Crippen molar-refractivity contribution in [3.05, 3.63) is 0 Å². The number of nitrogen functional groups attached to an aromatic ring is 1. The van der Waals surface area contributed by atoms with Gasteiger partial charge in [-0.15, -0.1) is 0 Å². The van der Waals surface area contributed by atoms with Crippen LogP contribution in [0.2, 0.25) is 0 Å². The van der Waals surface area contributed by atoms with Crippen LogP contribution in [0.5, 0.6) is 0 Å². The lowest BCUT2D eigenvalue weighted by Crippen LogP contribution is -2.30. The maximum Gasteiger partial charge on any atom is 0.239 e. The molecular weight excluding hydrogens is 276 g/mol. The molecular formula is C9H16N4O3S2. The average molecular weight is 292 g/mol. The van der Waals surface area contributed by atoms with Crippen LogP contribution >= 0.6 is 11.5 Å². The lowest BCUT2D eigenvalue weighted by atomic mass is 10.4. The number of rotatable bonds is 6. The van der Waals surface area contributed by atoms with Crippen LogP contribution in [0.1, 0.15) is 13.3 Å². The van der Waals surface area contributed by atoms with E-state index in [-0.39, 0.29) is 23.2 Å². The van der Waals surface area contributed by atoms with Gasteiger partial charge < -0.3 is 16.4 Å². The highest BCUT2D eigenvalue weighted by molar-refractivity contribution is 7.91. The molecule has 102 valence electrons. The van der Waals surface area contributed by atoms with Gasteiger partial charge in [0.1, 0.15) is 9.90 Å². The Hall–Kier alpha value is -1.35. The molecule has 0 radical (unpaired) electrons. The summed E-state index contributed by atoms with van der Waals surface area (Å²) in [7, 11) is -3.46. The number of hydrogen-bond donors (Lipinski definition) is 3. The van der Waals surface area contributed by atoms with Gasteiger partial charge in [-0.2, -0.15) is 4.37 Å². The number of anilines is 2. The van der Waals surface area contributed by atoms with Gasteiger partial charge in [0.2, 0.25) is 5.91 Å². The van der Waals surface area contributed by atoms with Crippen molar-refractivity contribution in [2.75, 3.05) is 30.4 Å². The van der Waals surface area contributed by atoms with Crippen molar-refractivity contribution in [2.45, 2.75) is 18.2 Å². The summed E-state index contributed by atoms with van der Waals surface area (Å²) in [6.45, 7) is 2.52. The molecule has 0 aliphatic heterocycles. The largest absolute Gasteiger partial charge is 0.382 e. The topological polar surface area (TPSA) is 114 Å². The van der Waals surface area contributed by atoms with Crippen LogP contribution in [0.3, 0.4) is 0 Å². The number of sulfone groups is 1. The molecule has 0 unspecified atom stereocenters. The molecule has 4 N–H and O–H groups in total. The van der Waals surface area contributed by atoms with Crippen molar-refractivity contribution in [3.8, 4) is 0 Å². The predicted octanol–water partition coefficient (Wildman–Crippen LogP) is 0.0669. The van der Waals surface area contributed by atoms with Crippen molar-refractivity contribution >= 4 is 38.1 Å². The van der Waals surface area contributed by atoms with Crippen LogP contribution in [0.25, 0.3) is 0 Å². The molecule has 1 aromatic heterocycles. The number of carbonyl (C=O) groups excluding carboxylic acids is 1. The summed E-state index contributed by atoms with van der Waals surface area (Å²) < 4.78 is 26.8. The van der Waals surface area contributed by atoms with Crippen LogP contribution in [-0.4, -0.2) is 38.0 Å². The average Bonchev–Trinajstić information content (AvgIpc) is 2.64. The van der Waals surface area contributed by atoms with Gasteiger partial charge in [-0.25, -0.2) is 8.42 Å². The van der Waals surface area contributed by atoms with E-state index in [9.17, 15) is 13.2 Å². The zero-order valence-electron chi connectivity index (χ0n) is 10.2. The molecule has 7 nitrogen and oxygen atoms in total. The van der Waals surface area contributed by atoms with Gasteiger partial charge in [0.25, 0.3) is 0 Å². The molecule has 0 bridgehead atoms. The van der Waals surface area contributed by atoms with E-state index in [2.05, 4.69) is 15.0 Å². The van der Waals surface area contributed by atoms with E-state index >= 15 is 0 Å².